The van der Waals surface area contributed by atoms with Crippen LogP contribution in [0, 0.1) is 0 Å². The van der Waals surface area contributed by atoms with Crippen LogP contribution in [0.15, 0.2) is 40.4 Å². The monoisotopic (exact) mass is 446 g/mol. The lowest BCUT2D eigenvalue weighted by atomic mass is 10.0. The highest BCUT2D eigenvalue weighted by atomic mass is 32.2. The van der Waals surface area contributed by atoms with Crippen molar-refractivity contribution >= 4 is 26.8 Å². The number of aryl methyl sites for hydroxylation is 1. The third kappa shape index (κ3) is 4.57. The fourth-order valence-corrected chi connectivity index (χ4v) is 3.52. The number of aromatic nitrogens is 3. The zero-order valence-electron chi connectivity index (χ0n) is 17.5. The number of fused-ring (bicyclic) bond motifs is 1. The summed E-state index contributed by atoms with van der Waals surface area (Å²) < 4.78 is 30.3. The zero-order valence-corrected chi connectivity index (χ0v) is 18.3. The van der Waals surface area contributed by atoms with Crippen molar-refractivity contribution < 1.29 is 22.8 Å². The Balaban J connectivity index is 2.24. The van der Waals surface area contributed by atoms with E-state index in [2.05, 4.69) is 15.4 Å². The molecule has 0 unspecified atom stereocenters. The van der Waals surface area contributed by atoms with E-state index in [1.165, 1.54) is 23.9 Å². The number of amides is 1. The number of hydroxylamine groups is 1. The smallest absolute Gasteiger partial charge is 0.274 e. The number of pyridine rings is 1. The second-order valence-electron chi connectivity index (χ2n) is 6.63. The fraction of sp³-hybridized carbons (Fsp3) is 0.300. The number of sulfone groups is 1. The van der Waals surface area contributed by atoms with Crippen LogP contribution in [0.25, 0.3) is 22.2 Å². The van der Waals surface area contributed by atoms with Gasteiger partial charge in [0.25, 0.3) is 11.5 Å². The van der Waals surface area contributed by atoms with E-state index in [1.807, 2.05) is 0 Å². The highest BCUT2D eigenvalue weighted by Gasteiger charge is 2.18. The van der Waals surface area contributed by atoms with Crippen molar-refractivity contribution in [2.75, 3.05) is 20.0 Å². The van der Waals surface area contributed by atoms with Gasteiger partial charge >= 0.3 is 0 Å². The molecule has 1 N–H and O–H groups in total. The topological polar surface area (TPSA) is 129 Å². The van der Waals surface area contributed by atoms with Crippen molar-refractivity contribution in [3.63, 3.8) is 0 Å². The minimum absolute atomic E-state index is 0.212. The Hall–Kier alpha value is -3.31. The van der Waals surface area contributed by atoms with Gasteiger partial charge in [-0.3, -0.25) is 19.0 Å². The molecule has 0 saturated heterocycles. The van der Waals surface area contributed by atoms with E-state index in [-0.39, 0.29) is 28.5 Å². The molecule has 10 nitrogen and oxygen atoms in total. The average Bonchev–Trinajstić information content (AvgIpc) is 2.75. The van der Waals surface area contributed by atoms with Crippen molar-refractivity contribution in [2.24, 2.45) is 0 Å². The van der Waals surface area contributed by atoms with Crippen molar-refractivity contribution in [3.8, 4) is 16.9 Å². The molecule has 0 fully saturated rings. The van der Waals surface area contributed by atoms with Crippen LogP contribution in [0.1, 0.15) is 24.2 Å². The summed E-state index contributed by atoms with van der Waals surface area (Å²) in [6.07, 6.45) is 2.36. The molecule has 0 aliphatic carbocycles. The Morgan fingerprint density at radius 2 is 1.94 bits per heavy atom. The molecule has 1 aromatic carbocycles. The van der Waals surface area contributed by atoms with Gasteiger partial charge in [0, 0.05) is 35.5 Å². The molecule has 0 saturated carbocycles. The number of methoxy groups -OCH3 is 1. The normalized spacial score (nSPS) is 11.5. The molecule has 164 valence electrons. The van der Waals surface area contributed by atoms with Crippen LogP contribution in [-0.2, 0) is 21.2 Å². The van der Waals surface area contributed by atoms with Gasteiger partial charge in [-0.15, -0.1) is 0 Å². The summed E-state index contributed by atoms with van der Waals surface area (Å²) in [5, 5.41) is 0.123. The summed E-state index contributed by atoms with van der Waals surface area (Å²) in [5.41, 5.74) is 3.11. The standard InChI is InChI=1S/C20H22N4O6S/c1-5-24-17-14(11-21-20(22-17)31(4,27)28)10-16(19(24)26)12-7-13(9-15(8-12)29-3)18(25)23-30-6-2/h7-11H,5-6H2,1-4H3,(H,23,25). The van der Waals surface area contributed by atoms with E-state index < -0.39 is 21.3 Å². The Bertz CT molecular complexity index is 1320. The second-order valence-corrected chi connectivity index (χ2v) is 8.53. The molecule has 0 aliphatic rings. The summed E-state index contributed by atoms with van der Waals surface area (Å²) in [6.45, 7) is 4.03. The van der Waals surface area contributed by atoms with Crippen LogP contribution in [0.3, 0.4) is 0 Å². The maximum absolute atomic E-state index is 13.2. The molecule has 1 amide bonds. The lowest BCUT2D eigenvalue weighted by Crippen LogP contribution is -2.24. The molecule has 0 spiro atoms. The van der Waals surface area contributed by atoms with E-state index in [4.69, 9.17) is 9.57 Å². The van der Waals surface area contributed by atoms with Crippen LogP contribution >= 0.6 is 0 Å². The molecule has 31 heavy (non-hydrogen) atoms. The maximum Gasteiger partial charge on any atom is 0.274 e. The van der Waals surface area contributed by atoms with Gasteiger partial charge in [0.05, 0.1) is 13.7 Å². The molecule has 2 aromatic heterocycles. The number of carbonyl (C=O) groups is 1. The fourth-order valence-electron chi connectivity index (χ4n) is 3.02. The largest absolute Gasteiger partial charge is 0.497 e. The molecule has 0 atom stereocenters. The molecule has 3 aromatic rings. The van der Waals surface area contributed by atoms with Crippen molar-refractivity contribution in [2.45, 2.75) is 25.5 Å². The Morgan fingerprint density at radius 1 is 1.19 bits per heavy atom. The number of ether oxygens (including phenoxy) is 1. The lowest BCUT2D eigenvalue weighted by Gasteiger charge is -2.13. The number of hydrogen-bond acceptors (Lipinski definition) is 8. The van der Waals surface area contributed by atoms with Crippen LogP contribution in [0.4, 0.5) is 0 Å². The van der Waals surface area contributed by atoms with Crippen LogP contribution in [0.2, 0.25) is 0 Å². The first-order chi connectivity index (χ1) is 14.7. The number of nitrogens with one attached hydrogen (secondary N) is 1. The molecule has 0 radical (unpaired) electrons. The summed E-state index contributed by atoms with van der Waals surface area (Å²) in [5.74, 6) is -0.106. The molecular weight excluding hydrogens is 424 g/mol. The lowest BCUT2D eigenvalue weighted by molar-refractivity contribution is 0.0364. The van der Waals surface area contributed by atoms with Gasteiger partial charge in [-0.1, -0.05) is 0 Å². The SMILES string of the molecule is CCONC(=O)c1cc(OC)cc(-c2cc3cnc(S(C)(=O)=O)nc3n(CC)c2=O)c1. The van der Waals surface area contributed by atoms with Crippen LogP contribution < -0.4 is 15.8 Å². The Labute approximate surface area is 178 Å². The van der Waals surface area contributed by atoms with E-state index in [0.29, 0.717) is 23.3 Å². The maximum atomic E-state index is 13.2. The van der Waals surface area contributed by atoms with Gasteiger partial charge in [0.15, 0.2) is 0 Å². The van der Waals surface area contributed by atoms with E-state index in [0.717, 1.165) is 6.26 Å². The number of rotatable bonds is 7. The molecule has 2 heterocycles. The first kappa shape index (κ1) is 22.4. The highest BCUT2D eigenvalue weighted by Crippen LogP contribution is 2.26. The number of carbonyl (C=O) groups excluding carboxylic acids is 1. The van der Waals surface area contributed by atoms with Crippen LogP contribution in [-0.4, -0.2) is 48.8 Å². The summed E-state index contributed by atoms with van der Waals surface area (Å²) in [7, 11) is -2.18. The summed E-state index contributed by atoms with van der Waals surface area (Å²) in [6, 6.07) is 6.27. The van der Waals surface area contributed by atoms with Crippen LogP contribution in [0.5, 0.6) is 5.75 Å². The minimum atomic E-state index is -3.64. The predicted molar refractivity (Wildman–Crippen MR) is 114 cm³/mol. The van der Waals surface area contributed by atoms with Crippen molar-refractivity contribution in [3.05, 3.63) is 46.4 Å². The average molecular weight is 446 g/mol. The first-order valence-corrected chi connectivity index (χ1v) is 11.3. The molecule has 0 aliphatic heterocycles. The van der Waals surface area contributed by atoms with Crippen molar-refractivity contribution in [1.29, 1.82) is 0 Å². The Morgan fingerprint density at radius 3 is 2.55 bits per heavy atom. The third-order valence-electron chi connectivity index (χ3n) is 4.48. The molecule has 0 bridgehead atoms. The van der Waals surface area contributed by atoms with Gasteiger partial charge in [0.2, 0.25) is 15.0 Å². The molecular formula is C20H22N4O6S. The Kier molecular flexibility index (Phi) is 6.37. The van der Waals surface area contributed by atoms with Gasteiger partial charge in [-0.05, 0) is 43.7 Å². The number of nitrogens with zero attached hydrogens (tertiary/aromatic N) is 3. The van der Waals surface area contributed by atoms with E-state index >= 15 is 0 Å². The third-order valence-corrected chi connectivity index (χ3v) is 5.34. The number of hydrogen-bond donors (Lipinski definition) is 1. The number of benzene rings is 1. The van der Waals surface area contributed by atoms with Gasteiger partial charge in [-0.2, -0.15) is 4.98 Å². The van der Waals surface area contributed by atoms with Crippen molar-refractivity contribution in [1.82, 2.24) is 20.0 Å². The van der Waals surface area contributed by atoms with Gasteiger partial charge < -0.3 is 4.74 Å². The van der Waals surface area contributed by atoms with E-state index in [1.54, 1.807) is 32.0 Å². The summed E-state index contributed by atoms with van der Waals surface area (Å²) in [4.78, 5) is 38.5. The molecule has 11 heteroatoms. The second kappa shape index (κ2) is 8.82. The van der Waals surface area contributed by atoms with Gasteiger partial charge in [0.1, 0.15) is 11.4 Å². The minimum Gasteiger partial charge on any atom is -0.497 e. The zero-order chi connectivity index (χ0) is 22.8. The summed E-state index contributed by atoms with van der Waals surface area (Å²) >= 11 is 0. The molecule has 3 rings (SSSR count). The van der Waals surface area contributed by atoms with E-state index in [9.17, 15) is 18.0 Å². The predicted octanol–water partition coefficient (Wildman–Crippen LogP) is 1.57. The van der Waals surface area contributed by atoms with Gasteiger partial charge in [-0.25, -0.2) is 18.9 Å². The quantitative estimate of drug-likeness (QED) is 0.428. The highest BCUT2D eigenvalue weighted by molar-refractivity contribution is 7.90. The first-order valence-electron chi connectivity index (χ1n) is 9.41.